The van der Waals surface area contributed by atoms with Crippen molar-refractivity contribution >= 4 is 11.5 Å². The summed E-state index contributed by atoms with van der Waals surface area (Å²) in [7, 11) is 0. The van der Waals surface area contributed by atoms with Crippen LogP contribution in [0.15, 0.2) is 78.9 Å². The second-order valence-electron chi connectivity index (χ2n) is 5.05. The van der Waals surface area contributed by atoms with Gasteiger partial charge in [0.15, 0.2) is 5.78 Å². The molecule has 0 aromatic heterocycles. The van der Waals surface area contributed by atoms with Crippen LogP contribution in [-0.2, 0) is 0 Å². The smallest absolute Gasteiger partial charge is 0.280 e. The topological polar surface area (TPSA) is 60.2 Å². The number of nitro benzene ring substituents is 1. The van der Waals surface area contributed by atoms with Gasteiger partial charge in [0, 0.05) is 11.6 Å². The third-order valence-electron chi connectivity index (χ3n) is 3.60. The molecule has 0 saturated carbocycles. The summed E-state index contributed by atoms with van der Waals surface area (Å²) < 4.78 is 0. The molecule has 0 N–H and O–H groups in total. The van der Waals surface area contributed by atoms with Crippen LogP contribution in [0.25, 0.3) is 11.1 Å². The molecule has 0 aliphatic carbocycles. The molecule has 3 rings (SSSR count). The summed E-state index contributed by atoms with van der Waals surface area (Å²) in [6.07, 6.45) is 0. The highest BCUT2D eigenvalue weighted by Crippen LogP contribution is 2.24. The van der Waals surface area contributed by atoms with Gasteiger partial charge in [0.2, 0.25) is 0 Å². The average Bonchev–Trinajstić information content (AvgIpc) is 2.62. The minimum absolute atomic E-state index is 0.102. The normalized spacial score (nSPS) is 10.3. The van der Waals surface area contributed by atoms with Crippen molar-refractivity contribution < 1.29 is 9.72 Å². The number of nitro groups is 1. The highest BCUT2D eigenvalue weighted by atomic mass is 16.6. The van der Waals surface area contributed by atoms with Crippen LogP contribution in [0.4, 0.5) is 5.69 Å². The third kappa shape index (κ3) is 3.01. The summed E-state index contributed by atoms with van der Waals surface area (Å²) in [6, 6.07) is 22.9. The van der Waals surface area contributed by atoms with Crippen molar-refractivity contribution in [3.05, 3.63) is 100 Å². The molecule has 0 atom stereocenters. The molecule has 0 unspecified atom stereocenters. The van der Waals surface area contributed by atoms with Crippen molar-refractivity contribution in [3.63, 3.8) is 0 Å². The van der Waals surface area contributed by atoms with Crippen LogP contribution in [0.1, 0.15) is 15.9 Å². The van der Waals surface area contributed by atoms with Crippen LogP contribution in [-0.4, -0.2) is 10.7 Å². The van der Waals surface area contributed by atoms with E-state index < -0.39 is 4.92 Å². The maximum atomic E-state index is 12.5. The van der Waals surface area contributed by atoms with Crippen molar-refractivity contribution in [2.45, 2.75) is 0 Å². The molecule has 4 heteroatoms. The molecular formula is C19H13NO3. The summed E-state index contributed by atoms with van der Waals surface area (Å²) >= 11 is 0. The zero-order valence-corrected chi connectivity index (χ0v) is 12.2. The van der Waals surface area contributed by atoms with Crippen LogP contribution in [0.3, 0.4) is 0 Å². The largest absolute Gasteiger partial charge is 0.288 e. The van der Waals surface area contributed by atoms with Crippen molar-refractivity contribution in [3.8, 4) is 11.1 Å². The van der Waals surface area contributed by atoms with Gasteiger partial charge < -0.3 is 0 Å². The lowest BCUT2D eigenvalue weighted by Crippen LogP contribution is -2.05. The first-order valence-corrected chi connectivity index (χ1v) is 7.10. The Morgan fingerprint density at radius 3 is 1.96 bits per heavy atom. The van der Waals surface area contributed by atoms with E-state index in [1.165, 1.54) is 12.1 Å². The molecule has 112 valence electrons. The summed E-state index contributed by atoms with van der Waals surface area (Å²) in [5.74, 6) is -0.350. The number of nitrogens with zero attached hydrogens (tertiary/aromatic N) is 1. The number of carbonyl (C=O) groups is 1. The van der Waals surface area contributed by atoms with Gasteiger partial charge >= 0.3 is 0 Å². The van der Waals surface area contributed by atoms with E-state index in [1.54, 1.807) is 24.3 Å². The minimum atomic E-state index is -0.536. The average molecular weight is 303 g/mol. The third-order valence-corrected chi connectivity index (χ3v) is 3.60. The SMILES string of the molecule is O=C(c1ccc(-c2ccccc2)cc1)c1ccccc1[N+](=O)[O-]. The zero-order valence-electron chi connectivity index (χ0n) is 12.2. The number of benzene rings is 3. The van der Waals surface area contributed by atoms with E-state index in [0.29, 0.717) is 5.56 Å². The predicted octanol–water partition coefficient (Wildman–Crippen LogP) is 4.49. The second kappa shape index (κ2) is 6.23. The Morgan fingerprint density at radius 2 is 1.30 bits per heavy atom. The van der Waals surface area contributed by atoms with E-state index in [1.807, 2.05) is 42.5 Å². The van der Waals surface area contributed by atoms with E-state index in [2.05, 4.69) is 0 Å². The standard InChI is InChI=1S/C19H13NO3/c21-19(17-8-4-5-9-18(17)20(22)23)16-12-10-15(11-13-16)14-6-2-1-3-7-14/h1-13H. The molecule has 3 aromatic rings. The Kier molecular flexibility index (Phi) is 3.97. The fourth-order valence-electron chi connectivity index (χ4n) is 2.43. The van der Waals surface area contributed by atoms with Crippen LogP contribution >= 0.6 is 0 Å². The van der Waals surface area contributed by atoms with Crippen molar-refractivity contribution in [2.24, 2.45) is 0 Å². The van der Waals surface area contributed by atoms with E-state index in [0.717, 1.165) is 11.1 Å². The number of ketones is 1. The maximum absolute atomic E-state index is 12.5. The fourth-order valence-corrected chi connectivity index (χ4v) is 2.43. The lowest BCUT2D eigenvalue weighted by molar-refractivity contribution is -0.385. The lowest BCUT2D eigenvalue weighted by Gasteiger charge is -2.05. The van der Waals surface area contributed by atoms with Gasteiger partial charge in [-0.2, -0.15) is 0 Å². The summed E-state index contributed by atoms with van der Waals surface area (Å²) in [5, 5.41) is 11.0. The van der Waals surface area contributed by atoms with Crippen LogP contribution in [0, 0.1) is 10.1 Å². The van der Waals surface area contributed by atoms with Gasteiger partial charge in [-0.25, -0.2) is 0 Å². The number of rotatable bonds is 4. The highest BCUT2D eigenvalue weighted by Gasteiger charge is 2.20. The number of carbonyl (C=O) groups excluding carboxylic acids is 1. The molecule has 4 nitrogen and oxygen atoms in total. The molecule has 0 spiro atoms. The monoisotopic (exact) mass is 303 g/mol. The number of para-hydroxylation sites is 1. The minimum Gasteiger partial charge on any atom is -0.288 e. The molecule has 0 amide bonds. The molecular weight excluding hydrogens is 290 g/mol. The summed E-state index contributed by atoms with van der Waals surface area (Å²) in [4.78, 5) is 23.0. The molecule has 0 aliphatic heterocycles. The Balaban J connectivity index is 1.94. The maximum Gasteiger partial charge on any atom is 0.280 e. The van der Waals surface area contributed by atoms with Crippen LogP contribution < -0.4 is 0 Å². The van der Waals surface area contributed by atoms with Gasteiger partial charge in [-0.15, -0.1) is 0 Å². The van der Waals surface area contributed by atoms with E-state index >= 15 is 0 Å². The number of hydrogen-bond donors (Lipinski definition) is 0. The molecule has 0 heterocycles. The van der Waals surface area contributed by atoms with Gasteiger partial charge in [-0.1, -0.05) is 66.7 Å². The van der Waals surface area contributed by atoms with E-state index in [-0.39, 0.29) is 17.0 Å². The Hall–Kier alpha value is -3.27. The molecule has 0 bridgehead atoms. The summed E-state index contributed by atoms with van der Waals surface area (Å²) in [6.45, 7) is 0. The van der Waals surface area contributed by atoms with Crippen molar-refractivity contribution in [1.29, 1.82) is 0 Å². The highest BCUT2D eigenvalue weighted by molar-refractivity contribution is 6.11. The van der Waals surface area contributed by atoms with E-state index in [4.69, 9.17) is 0 Å². The van der Waals surface area contributed by atoms with E-state index in [9.17, 15) is 14.9 Å². The van der Waals surface area contributed by atoms with Crippen LogP contribution in [0.2, 0.25) is 0 Å². The van der Waals surface area contributed by atoms with Gasteiger partial charge in [0.1, 0.15) is 5.56 Å². The molecule has 0 fully saturated rings. The van der Waals surface area contributed by atoms with Crippen molar-refractivity contribution in [2.75, 3.05) is 0 Å². The molecule has 0 saturated heterocycles. The number of hydrogen-bond acceptors (Lipinski definition) is 3. The van der Waals surface area contributed by atoms with Crippen LogP contribution in [0.5, 0.6) is 0 Å². The predicted molar refractivity (Wildman–Crippen MR) is 88.4 cm³/mol. The second-order valence-corrected chi connectivity index (χ2v) is 5.05. The zero-order chi connectivity index (χ0) is 16.2. The molecule has 0 radical (unpaired) electrons. The van der Waals surface area contributed by atoms with Gasteiger partial charge in [-0.3, -0.25) is 14.9 Å². The fraction of sp³-hybridized carbons (Fsp3) is 0. The quantitative estimate of drug-likeness (QED) is 0.405. The Morgan fingerprint density at radius 1 is 0.739 bits per heavy atom. The Labute approximate surface area is 133 Å². The summed E-state index contributed by atoms with van der Waals surface area (Å²) in [5.41, 5.74) is 2.40. The molecule has 3 aromatic carbocycles. The van der Waals surface area contributed by atoms with Crippen molar-refractivity contribution in [1.82, 2.24) is 0 Å². The first-order chi connectivity index (χ1) is 11.2. The van der Waals surface area contributed by atoms with Gasteiger partial charge in [0.25, 0.3) is 5.69 Å². The first-order valence-electron chi connectivity index (χ1n) is 7.10. The lowest BCUT2D eigenvalue weighted by atomic mass is 9.98. The first kappa shape index (κ1) is 14.7. The van der Waals surface area contributed by atoms with Gasteiger partial charge in [-0.05, 0) is 17.2 Å². The Bertz CT molecular complexity index is 855. The van der Waals surface area contributed by atoms with Gasteiger partial charge in [0.05, 0.1) is 4.92 Å². The molecule has 0 aliphatic rings. The molecule has 23 heavy (non-hydrogen) atoms.